The molecule has 0 heterocycles. The predicted molar refractivity (Wildman–Crippen MR) is 46.1 cm³/mol. The third kappa shape index (κ3) is 0.625. The number of fused-ring (bicyclic) bond motifs is 4. The molecule has 11 heavy (non-hydrogen) atoms. The molecule has 0 N–H and O–H groups in total. The SMILES string of the molecule is CCC1CC(C)C2C3CC3C12. The smallest absolute Gasteiger partial charge is 0.0321 e. The second-order valence-corrected chi connectivity index (χ2v) is 5.10. The Morgan fingerprint density at radius 2 is 1.82 bits per heavy atom. The molecule has 3 saturated carbocycles. The molecule has 0 radical (unpaired) electrons. The zero-order valence-corrected chi connectivity index (χ0v) is 7.59. The maximum atomic E-state index is 2.49. The first-order valence-corrected chi connectivity index (χ1v) is 5.33. The van der Waals surface area contributed by atoms with E-state index in [2.05, 4.69) is 13.8 Å². The van der Waals surface area contributed by atoms with E-state index in [1.165, 1.54) is 30.1 Å². The van der Waals surface area contributed by atoms with E-state index in [0.29, 0.717) is 0 Å². The molecule has 0 spiro atoms. The van der Waals surface area contributed by atoms with Crippen molar-refractivity contribution in [3.05, 3.63) is 0 Å². The molecule has 3 fully saturated rings. The molecule has 0 aliphatic heterocycles. The van der Waals surface area contributed by atoms with E-state index < -0.39 is 0 Å². The highest BCUT2D eigenvalue weighted by molar-refractivity contribution is 5.14. The average molecular weight is 150 g/mol. The van der Waals surface area contributed by atoms with Gasteiger partial charge >= 0.3 is 0 Å². The summed E-state index contributed by atoms with van der Waals surface area (Å²) in [5.41, 5.74) is 0. The van der Waals surface area contributed by atoms with Crippen LogP contribution < -0.4 is 0 Å². The van der Waals surface area contributed by atoms with E-state index >= 15 is 0 Å². The molecule has 0 aromatic heterocycles. The Bertz CT molecular complexity index is 184. The standard InChI is InChI=1S/C11H18/c1-3-7-4-6(2)10-8-5-9(8)11(7)10/h6-11H,3-5H2,1-2H3. The summed E-state index contributed by atoms with van der Waals surface area (Å²) in [4.78, 5) is 0. The van der Waals surface area contributed by atoms with Crippen LogP contribution in [0.1, 0.15) is 33.1 Å². The van der Waals surface area contributed by atoms with Gasteiger partial charge in [0.25, 0.3) is 0 Å². The first-order chi connectivity index (χ1) is 5.33. The van der Waals surface area contributed by atoms with Crippen LogP contribution in [0, 0.1) is 35.5 Å². The summed E-state index contributed by atoms with van der Waals surface area (Å²) in [6.07, 6.45) is 4.61. The molecular formula is C11H18. The van der Waals surface area contributed by atoms with E-state index in [0.717, 1.165) is 11.8 Å². The third-order valence-corrected chi connectivity index (χ3v) is 4.72. The summed E-state index contributed by atoms with van der Waals surface area (Å²) >= 11 is 0. The maximum Gasteiger partial charge on any atom is -0.0321 e. The fourth-order valence-corrected chi connectivity index (χ4v) is 4.24. The lowest BCUT2D eigenvalue weighted by atomic mass is 9.70. The van der Waals surface area contributed by atoms with Crippen molar-refractivity contribution in [2.45, 2.75) is 33.1 Å². The Labute approximate surface area is 69.4 Å². The summed E-state index contributed by atoms with van der Waals surface area (Å²) in [7, 11) is 0. The highest BCUT2D eigenvalue weighted by Gasteiger charge is 2.66. The van der Waals surface area contributed by atoms with Crippen molar-refractivity contribution in [1.82, 2.24) is 0 Å². The Morgan fingerprint density at radius 1 is 1.09 bits per heavy atom. The van der Waals surface area contributed by atoms with Gasteiger partial charge in [-0.05, 0) is 48.3 Å². The lowest BCUT2D eigenvalue weighted by molar-refractivity contribution is 0.126. The van der Waals surface area contributed by atoms with E-state index in [1.54, 1.807) is 12.8 Å². The van der Waals surface area contributed by atoms with E-state index in [9.17, 15) is 0 Å². The summed E-state index contributed by atoms with van der Waals surface area (Å²) in [6.45, 7) is 4.87. The van der Waals surface area contributed by atoms with Gasteiger partial charge in [-0.25, -0.2) is 0 Å². The Morgan fingerprint density at radius 3 is 2.55 bits per heavy atom. The zero-order valence-electron chi connectivity index (χ0n) is 7.59. The summed E-state index contributed by atoms with van der Waals surface area (Å²) in [6, 6.07) is 0. The molecule has 3 rings (SSSR count). The minimum Gasteiger partial charge on any atom is -0.0651 e. The molecule has 6 unspecified atom stereocenters. The topological polar surface area (TPSA) is 0 Å². The van der Waals surface area contributed by atoms with Crippen molar-refractivity contribution in [3.63, 3.8) is 0 Å². The molecule has 0 heteroatoms. The van der Waals surface area contributed by atoms with Crippen molar-refractivity contribution in [3.8, 4) is 0 Å². The lowest BCUT2D eigenvalue weighted by Gasteiger charge is -2.34. The highest BCUT2D eigenvalue weighted by Crippen LogP contribution is 2.72. The van der Waals surface area contributed by atoms with Gasteiger partial charge in [0.15, 0.2) is 0 Å². The molecule has 0 saturated heterocycles. The molecule has 0 aromatic carbocycles. The van der Waals surface area contributed by atoms with Gasteiger partial charge in [0.05, 0.1) is 0 Å². The molecule has 0 bridgehead atoms. The summed E-state index contributed by atoms with van der Waals surface area (Å²) in [5.74, 6) is 7.01. The predicted octanol–water partition coefficient (Wildman–Crippen LogP) is 2.93. The van der Waals surface area contributed by atoms with Crippen molar-refractivity contribution in [2.75, 3.05) is 0 Å². The monoisotopic (exact) mass is 150 g/mol. The van der Waals surface area contributed by atoms with Gasteiger partial charge in [0, 0.05) is 0 Å². The maximum absolute atomic E-state index is 2.49. The molecule has 0 amide bonds. The molecule has 62 valence electrons. The lowest BCUT2D eigenvalue weighted by Crippen LogP contribution is -2.30. The summed E-state index contributed by atoms with van der Waals surface area (Å²) in [5, 5.41) is 0. The van der Waals surface area contributed by atoms with Gasteiger partial charge in [-0.15, -0.1) is 0 Å². The van der Waals surface area contributed by atoms with Gasteiger partial charge in [0.1, 0.15) is 0 Å². The summed E-state index contributed by atoms with van der Waals surface area (Å²) < 4.78 is 0. The van der Waals surface area contributed by atoms with Crippen molar-refractivity contribution in [1.29, 1.82) is 0 Å². The van der Waals surface area contributed by atoms with Crippen molar-refractivity contribution in [2.24, 2.45) is 35.5 Å². The van der Waals surface area contributed by atoms with Crippen LogP contribution in [-0.4, -0.2) is 0 Å². The second-order valence-electron chi connectivity index (χ2n) is 5.10. The van der Waals surface area contributed by atoms with Crippen LogP contribution in [0.3, 0.4) is 0 Å². The quantitative estimate of drug-likeness (QED) is 0.539. The number of hydrogen-bond donors (Lipinski definition) is 0. The highest BCUT2D eigenvalue weighted by atomic mass is 14.7. The van der Waals surface area contributed by atoms with Crippen LogP contribution in [-0.2, 0) is 0 Å². The van der Waals surface area contributed by atoms with Crippen LogP contribution in [0.15, 0.2) is 0 Å². The van der Waals surface area contributed by atoms with Gasteiger partial charge < -0.3 is 0 Å². The zero-order chi connectivity index (χ0) is 7.59. The normalized spacial score (nSPS) is 64.9. The fourth-order valence-electron chi connectivity index (χ4n) is 4.24. The van der Waals surface area contributed by atoms with Crippen LogP contribution >= 0.6 is 0 Å². The largest absolute Gasteiger partial charge is 0.0651 e. The van der Waals surface area contributed by atoms with Crippen LogP contribution in [0.5, 0.6) is 0 Å². The molecule has 3 aliphatic rings. The van der Waals surface area contributed by atoms with E-state index in [1.807, 2.05) is 0 Å². The van der Waals surface area contributed by atoms with Crippen molar-refractivity contribution >= 4 is 0 Å². The third-order valence-electron chi connectivity index (χ3n) is 4.72. The van der Waals surface area contributed by atoms with Gasteiger partial charge in [-0.3, -0.25) is 0 Å². The van der Waals surface area contributed by atoms with Gasteiger partial charge in [-0.1, -0.05) is 20.3 Å². The van der Waals surface area contributed by atoms with Gasteiger partial charge in [-0.2, -0.15) is 0 Å². The fraction of sp³-hybridized carbons (Fsp3) is 1.00. The first-order valence-electron chi connectivity index (χ1n) is 5.33. The van der Waals surface area contributed by atoms with E-state index in [4.69, 9.17) is 0 Å². The van der Waals surface area contributed by atoms with E-state index in [-0.39, 0.29) is 0 Å². The first kappa shape index (κ1) is 6.51. The van der Waals surface area contributed by atoms with Crippen LogP contribution in [0.4, 0.5) is 0 Å². The average Bonchev–Trinajstić information content (AvgIpc) is 2.55. The van der Waals surface area contributed by atoms with Crippen molar-refractivity contribution < 1.29 is 0 Å². The van der Waals surface area contributed by atoms with Gasteiger partial charge in [0.2, 0.25) is 0 Å². The number of rotatable bonds is 1. The second kappa shape index (κ2) is 1.84. The molecule has 3 aliphatic carbocycles. The molecule has 6 atom stereocenters. The number of hydrogen-bond acceptors (Lipinski definition) is 0. The van der Waals surface area contributed by atoms with Crippen LogP contribution in [0.25, 0.3) is 0 Å². The van der Waals surface area contributed by atoms with Crippen LogP contribution in [0.2, 0.25) is 0 Å². The molecule has 0 nitrogen and oxygen atoms in total. The minimum absolute atomic E-state index is 1.08. The minimum atomic E-state index is 1.08. The molecular weight excluding hydrogens is 132 g/mol. The Hall–Kier alpha value is 0. The Balaban J connectivity index is 1.83. The Kier molecular flexibility index (Phi) is 1.09. The molecule has 0 aromatic rings.